The summed E-state index contributed by atoms with van der Waals surface area (Å²) in [5, 5.41) is 10.2. The van der Waals surface area contributed by atoms with Crippen molar-refractivity contribution in [3.8, 4) is 0 Å². The minimum Gasteiger partial charge on any atom is -0.378 e. The van der Waals surface area contributed by atoms with Gasteiger partial charge in [0.1, 0.15) is 11.6 Å². The summed E-state index contributed by atoms with van der Waals surface area (Å²) in [6.07, 6.45) is 1.89. The van der Waals surface area contributed by atoms with E-state index in [-0.39, 0.29) is 6.04 Å². The number of nitrogens with zero attached hydrogens (tertiary/aromatic N) is 4. The molecule has 0 spiro atoms. The third-order valence-corrected chi connectivity index (χ3v) is 3.97. The number of aromatic nitrogens is 4. The number of hydrogen-bond donors (Lipinski definition) is 2. The van der Waals surface area contributed by atoms with Crippen molar-refractivity contribution in [1.29, 1.82) is 0 Å². The first-order chi connectivity index (χ1) is 10.7. The van der Waals surface area contributed by atoms with Gasteiger partial charge in [-0.1, -0.05) is 0 Å². The van der Waals surface area contributed by atoms with E-state index in [0.717, 1.165) is 42.7 Å². The predicted molar refractivity (Wildman–Crippen MR) is 83.6 cm³/mol. The van der Waals surface area contributed by atoms with Crippen LogP contribution in [0.2, 0.25) is 0 Å². The van der Waals surface area contributed by atoms with Crippen molar-refractivity contribution in [2.24, 2.45) is 0 Å². The molecule has 0 amide bonds. The number of aryl methyl sites for hydroxylation is 2. The van der Waals surface area contributed by atoms with Crippen LogP contribution in [0.4, 0.5) is 5.82 Å². The molecule has 0 unspecified atom stereocenters. The van der Waals surface area contributed by atoms with Crippen LogP contribution in [0.25, 0.3) is 0 Å². The van der Waals surface area contributed by atoms with Gasteiger partial charge in [-0.3, -0.25) is 10.00 Å². The van der Waals surface area contributed by atoms with Crippen molar-refractivity contribution in [2.75, 3.05) is 32.1 Å². The van der Waals surface area contributed by atoms with E-state index in [4.69, 9.17) is 4.74 Å². The lowest BCUT2D eigenvalue weighted by Crippen LogP contribution is -2.40. The number of morpholine rings is 1. The molecule has 0 bridgehead atoms. The third-order valence-electron chi connectivity index (χ3n) is 3.97. The normalized spacial score (nSPS) is 19.3. The second-order valence-corrected chi connectivity index (χ2v) is 5.58. The molecule has 3 heterocycles. The van der Waals surface area contributed by atoms with Gasteiger partial charge in [-0.25, -0.2) is 9.97 Å². The van der Waals surface area contributed by atoms with Crippen LogP contribution in [0.3, 0.4) is 0 Å². The number of anilines is 1. The number of hydrogen-bond acceptors (Lipinski definition) is 6. The SMILES string of the molecule is CNc1cc(C)nc([C@H]2COCCN2Cc2cn[nH]c2C)n1. The molecule has 1 aliphatic rings. The molecule has 7 nitrogen and oxygen atoms in total. The molecule has 1 aliphatic heterocycles. The molecule has 7 heteroatoms. The standard InChI is InChI=1S/C15H22N6O/c1-10-6-14(16-3)19-15(18-10)13-9-22-5-4-21(13)8-12-7-17-20-11(12)2/h6-7,13H,4-5,8-9H2,1-3H3,(H,17,20)(H,16,18,19)/t13-/m1/s1. The number of nitrogens with one attached hydrogen (secondary N) is 2. The Morgan fingerprint density at radius 2 is 2.27 bits per heavy atom. The van der Waals surface area contributed by atoms with Gasteiger partial charge >= 0.3 is 0 Å². The van der Waals surface area contributed by atoms with E-state index in [2.05, 4.69) is 30.4 Å². The molecule has 2 aromatic heterocycles. The molecule has 2 aromatic rings. The van der Waals surface area contributed by atoms with Gasteiger partial charge in [-0.15, -0.1) is 0 Å². The quantitative estimate of drug-likeness (QED) is 0.889. The van der Waals surface area contributed by atoms with Crippen molar-refractivity contribution < 1.29 is 4.74 Å². The van der Waals surface area contributed by atoms with Crippen LogP contribution < -0.4 is 5.32 Å². The second-order valence-electron chi connectivity index (χ2n) is 5.58. The average Bonchev–Trinajstić information content (AvgIpc) is 2.92. The van der Waals surface area contributed by atoms with Crippen molar-refractivity contribution in [3.05, 3.63) is 35.0 Å². The van der Waals surface area contributed by atoms with Gasteiger partial charge in [-0.2, -0.15) is 5.10 Å². The van der Waals surface area contributed by atoms with E-state index >= 15 is 0 Å². The Labute approximate surface area is 130 Å². The first kappa shape index (κ1) is 14.9. The van der Waals surface area contributed by atoms with Crippen molar-refractivity contribution in [1.82, 2.24) is 25.1 Å². The monoisotopic (exact) mass is 302 g/mol. The number of H-pyrrole nitrogens is 1. The highest BCUT2D eigenvalue weighted by Crippen LogP contribution is 2.25. The summed E-state index contributed by atoms with van der Waals surface area (Å²) in [6, 6.07) is 2.01. The topological polar surface area (TPSA) is 79.0 Å². The molecule has 0 aliphatic carbocycles. The highest BCUT2D eigenvalue weighted by atomic mass is 16.5. The highest BCUT2D eigenvalue weighted by molar-refractivity contribution is 5.35. The molecule has 1 atom stereocenters. The maximum absolute atomic E-state index is 5.66. The molecule has 22 heavy (non-hydrogen) atoms. The third kappa shape index (κ3) is 3.10. The molecule has 1 fully saturated rings. The number of aromatic amines is 1. The molecule has 1 saturated heterocycles. The Morgan fingerprint density at radius 1 is 1.41 bits per heavy atom. The molecule has 2 N–H and O–H groups in total. The maximum Gasteiger partial charge on any atom is 0.150 e. The second kappa shape index (κ2) is 6.41. The van der Waals surface area contributed by atoms with Crippen LogP contribution in [-0.2, 0) is 11.3 Å². The van der Waals surface area contributed by atoms with Crippen LogP contribution >= 0.6 is 0 Å². The summed E-state index contributed by atoms with van der Waals surface area (Å²) in [5.41, 5.74) is 3.26. The van der Waals surface area contributed by atoms with Gasteiger partial charge in [0, 0.05) is 43.2 Å². The first-order valence-electron chi connectivity index (χ1n) is 7.51. The Kier molecular flexibility index (Phi) is 4.35. The summed E-state index contributed by atoms with van der Waals surface area (Å²) in [7, 11) is 1.87. The minimum absolute atomic E-state index is 0.0649. The zero-order chi connectivity index (χ0) is 15.5. The van der Waals surface area contributed by atoms with Crippen molar-refractivity contribution in [2.45, 2.75) is 26.4 Å². The molecule has 0 radical (unpaired) electrons. The first-order valence-corrected chi connectivity index (χ1v) is 7.51. The fraction of sp³-hybridized carbons (Fsp3) is 0.533. The van der Waals surface area contributed by atoms with Crippen LogP contribution in [0.5, 0.6) is 0 Å². The van der Waals surface area contributed by atoms with E-state index in [1.54, 1.807) is 0 Å². The van der Waals surface area contributed by atoms with Crippen LogP contribution in [-0.4, -0.2) is 51.9 Å². The largest absolute Gasteiger partial charge is 0.378 e. The lowest BCUT2D eigenvalue weighted by molar-refractivity contribution is -0.0160. The Hall–Kier alpha value is -1.99. The smallest absolute Gasteiger partial charge is 0.150 e. The van der Waals surface area contributed by atoms with E-state index in [1.165, 1.54) is 5.56 Å². The van der Waals surface area contributed by atoms with Gasteiger partial charge in [0.15, 0.2) is 0 Å². The van der Waals surface area contributed by atoms with E-state index < -0.39 is 0 Å². The lowest BCUT2D eigenvalue weighted by Gasteiger charge is -2.34. The number of rotatable bonds is 4. The Morgan fingerprint density at radius 3 is 3.00 bits per heavy atom. The maximum atomic E-state index is 5.66. The van der Waals surface area contributed by atoms with Crippen LogP contribution in [0.15, 0.2) is 12.3 Å². The van der Waals surface area contributed by atoms with Gasteiger partial charge in [0.2, 0.25) is 0 Å². The van der Waals surface area contributed by atoms with E-state index in [0.29, 0.717) is 6.61 Å². The van der Waals surface area contributed by atoms with Gasteiger partial charge in [0.25, 0.3) is 0 Å². The highest BCUT2D eigenvalue weighted by Gasteiger charge is 2.28. The van der Waals surface area contributed by atoms with Crippen molar-refractivity contribution >= 4 is 5.82 Å². The molecule has 0 saturated carbocycles. The number of ether oxygens (including phenoxy) is 1. The van der Waals surface area contributed by atoms with Crippen molar-refractivity contribution in [3.63, 3.8) is 0 Å². The summed E-state index contributed by atoms with van der Waals surface area (Å²) in [6.45, 7) is 7.06. The van der Waals surface area contributed by atoms with E-state index in [9.17, 15) is 0 Å². The van der Waals surface area contributed by atoms with Gasteiger partial charge in [0.05, 0.1) is 25.5 Å². The van der Waals surface area contributed by atoms with Gasteiger partial charge < -0.3 is 10.1 Å². The van der Waals surface area contributed by atoms with Gasteiger partial charge in [-0.05, 0) is 13.8 Å². The summed E-state index contributed by atoms with van der Waals surface area (Å²) < 4.78 is 5.66. The fourth-order valence-electron chi connectivity index (χ4n) is 2.69. The molecular weight excluding hydrogens is 280 g/mol. The lowest BCUT2D eigenvalue weighted by atomic mass is 10.1. The predicted octanol–water partition coefficient (Wildman–Crippen LogP) is 1.43. The van der Waals surface area contributed by atoms with E-state index in [1.807, 2.05) is 33.2 Å². The van der Waals surface area contributed by atoms with Crippen LogP contribution in [0.1, 0.15) is 28.8 Å². The molecule has 3 rings (SSSR count). The fourth-order valence-corrected chi connectivity index (χ4v) is 2.69. The zero-order valence-electron chi connectivity index (χ0n) is 13.3. The molecular formula is C15H22N6O. The molecule has 118 valence electrons. The summed E-state index contributed by atoms with van der Waals surface area (Å²) >= 11 is 0. The minimum atomic E-state index is 0.0649. The Bertz CT molecular complexity index is 641. The molecule has 0 aromatic carbocycles. The summed E-state index contributed by atoms with van der Waals surface area (Å²) in [5.74, 6) is 1.65. The zero-order valence-corrected chi connectivity index (χ0v) is 13.3. The average molecular weight is 302 g/mol. The van der Waals surface area contributed by atoms with Crippen LogP contribution in [0, 0.1) is 13.8 Å². The summed E-state index contributed by atoms with van der Waals surface area (Å²) in [4.78, 5) is 11.6. The Balaban J connectivity index is 1.86.